The van der Waals surface area contributed by atoms with Crippen molar-refractivity contribution in [1.29, 1.82) is 0 Å². The lowest BCUT2D eigenvalue weighted by Gasteiger charge is -2.38. The Morgan fingerprint density at radius 2 is 1.73 bits per heavy atom. The number of aromatic nitrogens is 10. The summed E-state index contributed by atoms with van der Waals surface area (Å²) in [7, 11) is 1.69. The average molecular weight is 599 g/mol. The summed E-state index contributed by atoms with van der Waals surface area (Å²) in [5.41, 5.74) is 3.64. The molecule has 2 aromatic carbocycles. The van der Waals surface area contributed by atoms with E-state index in [9.17, 15) is 13.6 Å². The summed E-state index contributed by atoms with van der Waals surface area (Å²) in [6, 6.07) is 17.7. The van der Waals surface area contributed by atoms with Gasteiger partial charge in [0.15, 0.2) is 11.4 Å². The van der Waals surface area contributed by atoms with Crippen LogP contribution in [0.3, 0.4) is 0 Å². The molecule has 5 heterocycles. The Bertz CT molecular complexity index is 1930. The molecule has 222 valence electrons. The molecule has 1 aliphatic heterocycles. The summed E-state index contributed by atoms with van der Waals surface area (Å²) < 4.78 is 32.3. The van der Waals surface area contributed by atoms with Crippen LogP contribution < -0.4 is 0 Å². The zero-order chi connectivity index (χ0) is 30.2. The van der Waals surface area contributed by atoms with Gasteiger partial charge in [0.25, 0.3) is 5.91 Å². The molecule has 16 heteroatoms. The number of piperazine rings is 1. The molecule has 0 saturated carbocycles. The molecule has 7 rings (SSSR count). The topological polar surface area (TPSA) is 150 Å². The summed E-state index contributed by atoms with van der Waals surface area (Å²) in [6.45, 7) is -1.19. The first kappa shape index (κ1) is 27.3. The zero-order valence-electron chi connectivity index (χ0n) is 23.3. The molecule has 0 N–H and O–H groups in total. The molecule has 0 aliphatic carbocycles. The maximum Gasteiger partial charge on any atom is 0.350 e. The van der Waals surface area contributed by atoms with E-state index >= 15 is 0 Å². The van der Waals surface area contributed by atoms with Crippen molar-refractivity contribution >= 4 is 17.0 Å². The SMILES string of the molecule is Cn1nnc(-c2ccc3oc(-c4ccnc(C(=O)N5CCN([C@H](c6ccccc6)c6nnn(C(F)F)n6)CC5)c4)nc3c2)n1. The minimum Gasteiger partial charge on any atom is -0.436 e. The number of carbonyl (C=O) groups is 1. The molecule has 4 aromatic heterocycles. The average Bonchev–Trinajstić information content (AvgIpc) is 3.82. The Morgan fingerprint density at radius 3 is 2.45 bits per heavy atom. The third kappa shape index (κ3) is 5.26. The fourth-order valence-electron chi connectivity index (χ4n) is 5.20. The second-order valence-corrected chi connectivity index (χ2v) is 10.1. The van der Waals surface area contributed by atoms with E-state index in [1.807, 2.05) is 42.5 Å². The number of carbonyl (C=O) groups excluding carboxylic acids is 1. The van der Waals surface area contributed by atoms with Gasteiger partial charge >= 0.3 is 6.55 Å². The van der Waals surface area contributed by atoms with Crippen LogP contribution in [0.2, 0.25) is 0 Å². The monoisotopic (exact) mass is 598 g/mol. The predicted octanol–water partition coefficient (Wildman–Crippen LogP) is 3.01. The normalized spacial score (nSPS) is 14.9. The minimum atomic E-state index is -2.89. The van der Waals surface area contributed by atoms with E-state index in [1.54, 1.807) is 36.3 Å². The number of nitrogens with zero attached hydrogens (tertiary/aromatic N) is 12. The predicted molar refractivity (Wildman–Crippen MR) is 150 cm³/mol. The molecule has 0 radical (unpaired) electrons. The molecule has 44 heavy (non-hydrogen) atoms. The highest BCUT2D eigenvalue weighted by Crippen LogP contribution is 2.29. The Labute approximate surface area is 247 Å². The lowest BCUT2D eigenvalue weighted by Crippen LogP contribution is -2.50. The smallest absolute Gasteiger partial charge is 0.350 e. The second-order valence-electron chi connectivity index (χ2n) is 10.1. The quantitative estimate of drug-likeness (QED) is 0.267. The van der Waals surface area contributed by atoms with Crippen LogP contribution in [0.15, 0.2) is 71.3 Å². The van der Waals surface area contributed by atoms with Crippen molar-refractivity contribution in [2.45, 2.75) is 12.6 Å². The van der Waals surface area contributed by atoms with E-state index in [2.05, 4.69) is 45.7 Å². The van der Waals surface area contributed by atoms with Crippen LogP contribution in [0.25, 0.3) is 33.9 Å². The third-order valence-electron chi connectivity index (χ3n) is 7.32. The molecule has 1 saturated heterocycles. The van der Waals surface area contributed by atoms with Crippen molar-refractivity contribution in [3.63, 3.8) is 0 Å². The number of alkyl halides is 2. The first-order chi connectivity index (χ1) is 21.4. The van der Waals surface area contributed by atoms with Crippen molar-refractivity contribution in [3.8, 4) is 22.8 Å². The van der Waals surface area contributed by atoms with Gasteiger partial charge < -0.3 is 9.32 Å². The maximum absolute atomic E-state index is 13.5. The molecule has 1 atom stereocenters. The summed E-state index contributed by atoms with van der Waals surface area (Å²) in [5.74, 6) is 0.753. The Hall–Kier alpha value is -5.51. The number of aryl methyl sites for hydroxylation is 1. The van der Waals surface area contributed by atoms with Gasteiger partial charge in [-0.2, -0.15) is 13.6 Å². The standard InChI is InChI=1S/C28H24F2N12O2/c1-39-35-24(33-37-39)18-7-8-22-20(15-18)32-26(44-22)19-9-10-31-21(16-19)27(43)41-13-11-40(12-14-41)23(17-5-3-2-4-6-17)25-34-38-42(36-25)28(29)30/h2-10,15-16,23,28H,11-14H2,1H3/t23-/m1/s1. The number of tetrazole rings is 2. The van der Waals surface area contributed by atoms with E-state index < -0.39 is 12.6 Å². The highest BCUT2D eigenvalue weighted by molar-refractivity contribution is 5.93. The van der Waals surface area contributed by atoms with Gasteiger partial charge in [-0.3, -0.25) is 14.7 Å². The van der Waals surface area contributed by atoms with Crippen molar-refractivity contribution in [2.24, 2.45) is 7.05 Å². The highest BCUT2D eigenvalue weighted by atomic mass is 19.3. The molecule has 1 aliphatic rings. The molecule has 0 spiro atoms. The summed E-state index contributed by atoms with van der Waals surface area (Å²) in [5, 5.41) is 23.5. The van der Waals surface area contributed by atoms with Gasteiger partial charge in [-0.05, 0) is 46.3 Å². The fraction of sp³-hybridized carbons (Fsp3) is 0.250. The van der Waals surface area contributed by atoms with Crippen molar-refractivity contribution in [3.05, 3.63) is 83.9 Å². The van der Waals surface area contributed by atoms with Gasteiger partial charge in [0, 0.05) is 43.5 Å². The number of hydrogen-bond donors (Lipinski definition) is 0. The van der Waals surface area contributed by atoms with Gasteiger partial charge in [0.05, 0.1) is 13.1 Å². The fourth-order valence-corrected chi connectivity index (χ4v) is 5.20. The van der Waals surface area contributed by atoms with Crippen LogP contribution >= 0.6 is 0 Å². The summed E-state index contributed by atoms with van der Waals surface area (Å²) >= 11 is 0. The van der Waals surface area contributed by atoms with Crippen LogP contribution in [0.1, 0.15) is 34.5 Å². The lowest BCUT2D eigenvalue weighted by atomic mass is 10.0. The van der Waals surface area contributed by atoms with Crippen molar-refractivity contribution < 1.29 is 18.0 Å². The maximum atomic E-state index is 13.5. The van der Waals surface area contributed by atoms with E-state index in [-0.39, 0.29) is 17.4 Å². The molecule has 6 aromatic rings. The Kier molecular flexibility index (Phi) is 7.01. The molecular weight excluding hydrogens is 574 g/mol. The number of amides is 1. The number of pyridine rings is 1. The first-order valence-electron chi connectivity index (χ1n) is 13.7. The molecule has 1 amide bonds. The second kappa shape index (κ2) is 11.3. The van der Waals surface area contributed by atoms with Gasteiger partial charge in [0.2, 0.25) is 11.7 Å². The lowest BCUT2D eigenvalue weighted by molar-refractivity contribution is 0.0385. The number of benzene rings is 2. The van der Waals surface area contributed by atoms with Gasteiger partial charge in [-0.15, -0.1) is 20.4 Å². The van der Waals surface area contributed by atoms with E-state index in [0.717, 1.165) is 11.1 Å². The molecule has 0 bridgehead atoms. The van der Waals surface area contributed by atoms with Gasteiger partial charge in [0.1, 0.15) is 11.2 Å². The van der Waals surface area contributed by atoms with Crippen LogP contribution in [0.5, 0.6) is 0 Å². The van der Waals surface area contributed by atoms with Crippen LogP contribution in [-0.4, -0.2) is 92.3 Å². The van der Waals surface area contributed by atoms with E-state index in [4.69, 9.17) is 4.42 Å². The number of fused-ring (bicyclic) bond motifs is 1. The largest absolute Gasteiger partial charge is 0.436 e. The summed E-state index contributed by atoms with van der Waals surface area (Å²) in [6.07, 6.45) is 1.55. The summed E-state index contributed by atoms with van der Waals surface area (Å²) in [4.78, 5) is 27.9. The Balaban J connectivity index is 1.08. The van der Waals surface area contributed by atoms with Gasteiger partial charge in [-0.1, -0.05) is 35.1 Å². The number of rotatable bonds is 7. The number of halogens is 2. The van der Waals surface area contributed by atoms with E-state index in [1.165, 1.54) is 4.80 Å². The first-order valence-corrected chi connectivity index (χ1v) is 13.7. The van der Waals surface area contributed by atoms with Crippen molar-refractivity contribution in [2.75, 3.05) is 26.2 Å². The highest BCUT2D eigenvalue weighted by Gasteiger charge is 2.32. The number of hydrogen-bond acceptors (Lipinski definition) is 11. The third-order valence-corrected chi connectivity index (χ3v) is 7.32. The molecular formula is C28H24F2N12O2. The van der Waals surface area contributed by atoms with Gasteiger partial charge in [-0.25, -0.2) is 4.98 Å². The van der Waals surface area contributed by atoms with Crippen molar-refractivity contribution in [1.82, 2.24) is 60.2 Å². The van der Waals surface area contributed by atoms with E-state index in [0.29, 0.717) is 59.4 Å². The molecule has 0 unspecified atom stereocenters. The molecule has 14 nitrogen and oxygen atoms in total. The zero-order valence-corrected chi connectivity index (χ0v) is 23.3. The minimum absolute atomic E-state index is 0.170. The number of oxazole rings is 1. The Morgan fingerprint density at radius 1 is 0.909 bits per heavy atom. The van der Waals surface area contributed by atoms with Crippen LogP contribution in [0, 0.1) is 0 Å². The molecule has 1 fully saturated rings. The van der Waals surface area contributed by atoms with Crippen LogP contribution in [-0.2, 0) is 7.05 Å². The van der Waals surface area contributed by atoms with Crippen LogP contribution in [0.4, 0.5) is 8.78 Å².